The molecule has 0 unspecified atom stereocenters. The van der Waals surface area contributed by atoms with Gasteiger partial charge < -0.3 is 10.4 Å². The molecule has 1 aromatic carbocycles. The molecule has 1 rings (SSSR count). The maximum absolute atomic E-state index is 10.9. The van der Waals surface area contributed by atoms with Crippen molar-refractivity contribution in [1.82, 2.24) is 0 Å². The van der Waals surface area contributed by atoms with Gasteiger partial charge in [0.15, 0.2) is 0 Å². The van der Waals surface area contributed by atoms with Crippen LogP contribution < -0.4 is 5.32 Å². The second-order valence-electron chi connectivity index (χ2n) is 3.25. The van der Waals surface area contributed by atoms with E-state index in [0.29, 0.717) is 17.7 Å². The third-order valence-electron chi connectivity index (χ3n) is 2.17. The Bertz CT molecular complexity index is 368. The van der Waals surface area contributed by atoms with Crippen molar-refractivity contribution in [3.63, 3.8) is 0 Å². The van der Waals surface area contributed by atoms with Gasteiger partial charge in [0.05, 0.1) is 5.57 Å². The van der Waals surface area contributed by atoms with Crippen molar-refractivity contribution >= 4 is 11.7 Å². The normalized spacial score (nSPS) is 11.9. The summed E-state index contributed by atoms with van der Waals surface area (Å²) in [5, 5.41) is 12.0. The summed E-state index contributed by atoms with van der Waals surface area (Å²) < 4.78 is 0. The van der Waals surface area contributed by atoms with Gasteiger partial charge in [-0.2, -0.15) is 0 Å². The molecule has 0 saturated heterocycles. The van der Waals surface area contributed by atoms with E-state index < -0.39 is 5.97 Å². The number of nitrogens with one attached hydrogen (secondary N) is 1. The fourth-order valence-corrected chi connectivity index (χ4v) is 1.39. The van der Waals surface area contributed by atoms with Crippen LogP contribution in [0.3, 0.4) is 0 Å². The molecule has 0 atom stereocenters. The Morgan fingerprint density at radius 2 is 1.93 bits per heavy atom. The van der Waals surface area contributed by atoms with Gasteiger partial charge in [-0.1, -0.05) is 25.1 Å². The average Bonchev–Trinajstić information content (AvgIpc) is 2.19. The van der Waals surface area contributed by atoms with Crippen LogP contribution in [0.15, 0.2) is 41.6 Å². The first-order valence-corrected chi connectivity index (χ1v) is 4.90. The highest BCUT2D eigenvalue weighted by Gasteiger charge is 2.08. The lowest BCUT2D eigenvalue weighted by Crippen LogP contribution is -2.07. The van der Waals surface area contributed by atoms with Crippen LogP contribution in [0.2, 0.25) is 0 Å². The number of aliphatic carboxylic acids is 1. The van der Waals surface area contributed by atoms with Crippen LogP contribution in [0.5, 0.6) is 0 Å². The molecule has 3 heteroatoms. The SMILES string of the molecule is CC/C(C(=O)O)=C(\C)Nc1ccccc1. The van der Waals surface area contributed by atoms with Crippen molar-refractivity contribution in [2.75, 3.05) is 5.32 Å². The first kappa shape index (κ1) is 11.3. The van der Waals surface area contributed by atoms with Gasteiger partial charge in [0.2, 0.25) is 0 Å². The minimum Gasteiger partial charge on any atom is -0.478 e. The summed E-state index contributed by atoms with van der Waals surface area (Å²) >= 11 is 0. The lowest BCUT2D eigenvalue weighted by Gasteiger charge is -2.09. The van der Waals surface area contributed by atoms with E-state index in [0.717, 1.165) is 5.69 Å². The maximum Gasteiger partial charge on any atom is 0.333 e. The van der Waals surface area contributed by atoms with Crippen LogP contribution in [0.4, 0.5) is 5.69 Å². The fraction of sp³-hybridized carbons (Fsp3) is 0.250. The van der Waals surface area contributed by atoms with Crippen molar-refractivity contribution in [1.29, 1.82) is 0 Å². The smallest absolute Gasteiger partial charge is 0.333 e. The first-order valence-electron chi connectivity index (χ1n) is 4.90. The Morgan fingerprint density at radius 1 is 1.33 bits per heavy atom. The Labute approximate surface area is 89.4 Å². The number of rotatable bonds is 4. The summed E-state index contributed by atoms with van der Waals surface area (Å²) in [6.45, 7) is 3.61. The van der Waals surface area contributed by atoms with Crippen molar-refractivity contribution in [2.24, 2.45) is 0 Å². The van der Waals surface area contributed by atoms with Gasteiger partial charge in [0, 0.05) is 11.4 Å². The number of allylic oxidation sites excluding steroid dienone is 1. The van der Waals surface area contributed by atoms with Gasteiger partial charge in [0.25, 0.3) is 0 Å². The second kappa shape index (κ2) is 5.20. The van der Waals surface area contributed by atoms with Crippen LogP contribution >= 0.6 is 0 Å². The van der Waals surface area contributed by atoms with Gasteiger partial charge in [-0.05, 0) is 25.5 Å². The second-order valence-corrected chi connectivity index (χ2v) is 3.25. The zero-order valence-corrected chi connectivity index (χ0v) is 8.95. The van der Waals surface area contributed by atoms with Crippen LogP contribution in [0.1, 0.15) is 20.3 Å². The van der Waals surface area contributed by atoms with Gasteiger partial charge in [-0.3, -0.25) is 0 Å². The molecule has 0 bridgehead atoms. The highest BCUT2D eigenvalue weighted by molar-refractivity contribution is 5.88. The van der Waals surface area contributed by atoms with E-state index in [2.05, 4.69) is 5.32 Å². The highest BCUT2D eigenvalue weighted by Crippen LogP contribution is 2.13. The molecule has 0 aromatic heterocycles. The third-order valence-corrected chi connectivity index (χ3v) is 2.17. The van der Waals surface area contributed by atoms with E-state index in [1.54, 1.807) is 6.92 Å². The Hall–Kier alpha value is -1.77. The third kappa shape index (κ3) is 3.13. The predicted octanol–water partition coefficient (Wildman–Crippen LogP) is 2.87. The topological polar surface area (TPSA) is 49.3 Å². The molecule has 0 saturated carbocycles. The molecular formula is C12H15NO2. The van der Waals surface area contributed by atoms with Gasteiger partial charge in [-0.25, -0.2) is 4.79 Å². The van der Waals surface area contributed by atoms with Crippen molar-refractivity contribution in [2.45, 2.75) is 20.3 Å². The van der Waals surface area contributed by atoms with E-state index >= 15 is 0 Å². The first-order chi connectivity index (χ1) is 7.15. The largest absolute Gasteiger partial charge is 0.478 e. The van der Waals surface area contributed by atoms with Crippen molar-refractivity contribution < 1.29 is 9.90 Å². The summed E-state index contributed by atoms with van der Waals surface area (Å²) in [5.74, 6) is -0.863. The van der Waals surface area contributed by atoms with Gasteiger partial charge >= 0.3 is 5.97 Å². The predicted molar refractivity (Wildman–Crippen MR) is 60.7 cm³/mol. The summed E-state index contributed by atoms with van der Waals surface area (Å²) in [6.07, 6.45) is 0.515. The van der Waals surface area contributed by atoms with Gasteiger partial charge in [-0.15, -0.1) is 0 Å². The minimum atomic E-state index is -0.863. The molecule has 0 spiro atoms. The van der Waals surface area contributed by atoms with E-state index in [9.17, 15) is 4.79 Å². The number of anilines is 1. The summed E-state index contributed by atoms with van der Waals surface area (Å²) in [7, 11) is 0. The Balaban J connectivity index is 2.86. The number of hydrogen-bond donors (Lipinski definition) is 2. The van der Waals surface area contributed by atoms with E-state index in [1.807, 2.05) is 37.3 Å². The highest BCUT2D eigenvalue weighted by atomic mass is 16.4. The molecular weight excluding hydrogens is 190 g/mol. The number of carboxylic acid groups (broad SMARTS) is 1. The molecule has 15 heavy (non-hydrogen) atoms. The van der Waals surface area contributed by atoms with Crippen LogP contribution in [0.25, 0.3) is 0 Å². The average molecular weight is 205 g/mol. The Morgan fingerprint density at radius 3 is 2.40 bits per heavy atom. The minimum absolute atomic E-state index is 0.416. The zero-order chi connectivity index (χ0) is 11.3. The van der Waals surface area contributed by atoms with Crippen LogP contribution in [-0.4, -0.2) is 11.1 Å². The summed E-state index contributed by atoms with van der Waals surface area (Å²) in [4.78, 5) is 10.9. The lowest BCUT2D eigenvalue weighted by atomic mass is 10.1. The summed E-state index contributed by atoms with van der Waals surface area (Å²) in [5.41, 5.74) is 2.01. The van der Waals surface area contributed by atoms with E-state index in [1.165, 1.54) is 0 Å². The number of hydrogen-bond acceptors (Lipinski definition) is 2. The quantitative estimate of drug-likeness (QED) is 0.743. The Kier molecular flexibility index (Phi) is 3.92. The molecule has 0 aliphatic rings. The van der Waals surface area contributed by atoms with Crippen LogP contribution in [-0.2, 0) is 4.79 Å². The monoisotopic (exact) mass is 205 g/mol. The molecule has 0 amide bonds. The molecule has 0 aliphatic carbocycles. The number of carboxylic acids is 1. The molecule has 3 nitrogen and oxygen atoms in total. The maximum atomic E-state index is 10.9. The zero-order valence-electron chi connectivity index (χ0n) is 8.95. The molecule has 80 valence electrons. The van der Waals surface area contributed by atoms with Crippen molar-refractivity contribution in [3.05, 3.63) is 41.6 Å². The molecule has 0 radical (unpaired) electrons. The molecule has 0 aliphatic heterocycles. The number of para-hydroxylation sites is 1. The molecule has 0 heterocycles. The van der Waals surface area contributed by atoms with E-state index in [-0.39, 0.29) is 0 Å². The molecule has 1 aromatic rings. The fourth-order valence-electron chi connectivity index (χ4n) is 1.39. The number of benzene rings is 1. The van der Waals surface area contributed by atoms with Crippen LogP contribution in [0, 0.1) is 0 Å². The summed E-state index contributed by atoms with van der Waals surface area (Å²) in [6, 6.07) is 9.53. The standard InChI is InChI=1S/C12H15NO2/c1-3-11(12(14)15)9(2)13-10-7-5-4-6-8-10/h4-8,13H,3H2,1-2H3,(H,14,15)/b11-9-. The molecule has 2 N–H and O–H groups in total. The number of carbonyl (C=O) groups is 1. The van der Waals surface area contributed by atoms with Gasteiger partial charge in [0.1, 0.15) is 0 Å². The lowest BCUT2D eigenvalue weighted by molar-refractivity contribution is -0.132. The van der Waals surface area contributed by atoms with Crippen molar-refractivity contribution in [3.8, 4) is 0 Å². The molecule has 0 fully saturated rings. The van der Waals surface area contributed by atoms with E-state index in [4.69, 9.17) is 5.11 Å².